The number of aryl methyl sites for hydroxylation is 1. The van der Waals surface area contributed by atoms with E-state index in [1.54, 1.807) is 7.11 Å². The van der Waals surface area contributed by atoms with Crippen LogP contribution < -0.4 is 4.74 Å². The van der Waals surface area contributed by atoms with Crippen LogP contribution in [0.2, 0.25) is 0 Å². The lowest BCUT2D eigenvalue weighted by Gasteiger charge is -2.34. The van der Waals surface area contributed by atoms with Gasteiger partial charge in [0, 0.05) is 24.0 Å². The second-order valence-electron chi connectivity index (χ2n) is 6.57. The molecule has 2 aromatic rings. The molecule has 1 aromatic carbocycles. The first-order valence-corrected chi connectivity index (χ1v) is 7.86. The largest absolute Gasteiger partial charge is 0.497 e. The molecule has 0 saturated carbocycles. The molecule has 2 unspecified atom stereocenters. The average Bonchev–Trinajstić information content (AvgIpc) is 2.82. The number of fused-ring (bicyclic) bond motifs is 1. The van der Waals surface area contributed by atoms with Crippen LogP contribution >= 0.6 is 0 Å². The van der Waals surface area contributed by atoms with Crippen LogP contribution in [0.15, 0.2) is 22.6 Å². The summed E-state index contributed by atoms with van der Waals surface area (Å²) < 4.78 is 11.1. The summed E-state index contributed by atoms with van der Waals surface area (Å²) >= 11 is 0. The first-order chi connectivity index (χ1) is 10.5. The zero-order valence-corrected chi connectivity index (χ0v) is 13.7. The highest BCUT2D eigenvalue weighted by molar-refractivity contribution is 5.99. The van der Waals surface area contributed by atoms with E-state index in [2.05, 4.69) is 13.8 Å². The van der Waals surface area contributed by atoms with Gasteiger partial charge >= 0.3 is 0 Å². The van der Waals surface area contributed by atoms with Gasteiger partial charge in [-0.2, -0.15) is 0 Å². The molecule has 2 atom stereocenters. The van der Waals surface area contributed by atoms with E-state index in [4.69, 9.17) is 9.15 Å². The summed E-state index contributed by atoms with van der Waals surface area (Å²) in [7, 11) is 1.64. The van der Waals surface area contributed by atoms with Crippen molar-refractivity contribution in [2.45, 2.75) is 27.2 Å². The van der Waals surface area contributed by atoms with Gasteiger partial charge in [-0.25, -0.2) is 0 Å². The van der Waals surface area contributed by atoms with Crippen molar-refractivity contribution in [1.29, 1.82) is 0 Å². The minimum Gasteiger partial charge on any atom is -0.497 e. The number of methoxy groups -OCH3 is 1. The molecule has 0 radical (unpaired) electrons. The molecule has 1 aliphatic rings. The Morgan fingerprint density at radius 3 is 2.59 bits per heavy atom. The first-order valence-electron chi connectivity index (χ1n) is 7.86. The number of hydrogen-bond acceptors (Lipinski definition) is 3. The highest BCUT2D eigenvalue weighted by Crippen LogP contribution is 2.31. The quantitative estimate of drug-likeness (QED) is 0.845. The van der Waals surface area contributed by atoms with Crippen molar-refractivity contribution < 1.29 is 13.9 Å². The van der Waals surface area contributed by atoms with Gasteiger partial charge < -0.3 is 14.1 Å². The second-order valence-corrected chi connectivity index (χ2v) is 6.57. The number of ether oxygens (including phenoxy) is 1. The number of carbonyl (C=O) groups excluding carboxylic acids is 1. The Hall–Kier alpha value is -1.97. The molecule has 1 fully saturated rings. The average molecular weight is 301 g/mol. The lowest BCUT2D eigenvalue weighted by Crippen LogP contribution is -2.42. The van der Waals surface area contributed by atoms with Gasteiger partial charge in [0.2, 0.25) is 0 Å². The van der Waals surface area contributed by atoms with Gasteiger partial charge in [0.15, 0.2) is 5.76 Å². The summed E-state index contributed by atoms with van der Waals surface area (Å²) in [6, 6.07) is 5.64. The van der Waals surface area contributed by atoms with Gasteiger partial charge in [0.1, 0.15) is 11.3 Å². The summed E-state index contributed by atoms with van der Waals surface area (Å²) in [4.78, 5) is 14.8. The molecule has 3 rings (SSSR count). The number of amides is 1. The molecule has 1 aromatic heterocycles. The molecular formula is C18H23NO3. The van der Waals surface area contributed by atoms with Gasteiger partial charge in [-0.3, -0.25) is 4.79 Å². The van der Waals surface area contributed by atoms with E-state index < -0.39 is 0 Å². The molecule has 2 heterocycles. The lowest BCUT2D eigenvalue weighted by molar-refractivity contribution is 0.0593. The normalized spacial score (nSPS) is 22.1. The predicted octanol–water partition coefficient (Wildman–Crippen LogP) is 3.87. The predicted molar refractivity (Wildman–Crippen MR) is 86.4 cm³/mol. The van der Waals surface area contributed by atoms with Gasteiger partial charge in [0.25, 0.3) is 5.91 Å². The summed E-state index contributed by atoms with van der Waals surface area (Å²) in [6.45, 7) is 7.96. The number of piperidine rings is 1. The molecule has 4 heteroatoms. The molecule has 1 aliphatic heterocycles. The lowest BCUT2D eigenvalue weighted by atomic mass is 9.91. The monoisotopic (exact) mass is 301 g/mol. The molecule has 0 N–H and O–H groups in total. The van der Waals surface area contributed by atoms with Crippen molar-refractivity contribution in [1.82, 2.24) is 4.90 Å². The first kappa shape index (κ1) is 14.9. The van der Waals surface area contributed by atoms with Crippen LogP contribution in [-0.2, 0) is 0 Å². The van der Waals surface area contributed by atoms with Gasteiger partial charge in [0.05, 0.1) is 7.11 Å². The smallest absolute Gasteiger partial charge is 0.289 e. The molecule has 1 amide bonds. The summed E-state index contributed by atoms with van der Waals surface area (Å²) in [5, 5.41) is 0.945. The number of rotatable bonds is 2. The number of likely N-dealkylation sites (tertiary alicyclic amines) is 1. The maximum Gasteiger partial charge on any atom is 0.289 e. The molecule has 118 valence electrons. The van der Waals surface area contributed by atoms with E-state index in [0.717, 1.165) is 35.4 Å². The van der Waals surface area contributed by atoms with E-state index in [-0.39, 0.29) is 5.91 Å². The Labute approximate surface area is 131 Å². The third kappa shape index (κ3) is 2.58. The molecule has 22 heavy (non-hydrogen) atoms. The minimum absolute atomic E-state index is 0.00562. The number of hydrogen-bond donors (Lipinski definition) is 0. The Balaban J connectivity index is 1.95. The van der Waals surface area contributed by atoms with Gasteiger partial charge in [-0.15, -0.1) is 0 Å². The Morgan fingerprint density at radius 1 is 1.27 bits per heavy atom. The van der Waals surface area contributed by atoms with Crippen LogP contribution in [0.3, 0.4) is 0 Å². The Bertz CT molecular complexity index is 694. The summed E-state index contributed by atoms with van der Waals surface area (Å²) in [6.07, 6.45) is 1.18. The van der Waals surface area contributed by atoms with E-state index in [1.165, 1.54) is 6.42 Å². The van der Waals surface area contributed by atoms with E-state index >= 15 is 0 Å². The fraction of sp³-hybridized carbons (Fsp3) is 0.500. The molecular weight excluding hydrogens is 278 g/mol. The van der Waals surface area contributed by atoms with E-state index in [1.807, 2.05) is 30.0 Å². The topological polar surface area (TPSA) is 42.7 Å². The highest BCUT2D eigenvalue weighted by atomic mass is 16.5. The van der Waals surface area contributed by atoms with Crippen molar-refractivity contribution in [3.63, 3.8) is 0 Å². The van der Waals surface area contributed by atoms with Crippen LogP contribution in [0.4, 0.5) is 0 Å². The van der Waals surface area contributed by atoms with Crippen molar-refractivity contribution >= 4 is 16.9 Å². The van der Waals surface area contributed by atoms with Crippen LogP contribution in [0, 0.1) is 18.8 Å². The third-order valence-corrected chi connectivity index (χ3v) is 4.49. The molecule has 1 saturated heterocycles. The van der Waals surface area contributed by atoms with Crippen molar-refractivity contribution in [3.8, 4) is 5.75 Å². The highest BCUT2D eigenvalue weighted by Gasteiger charge is 2.29. The summed E-state index contributed by atoms with van der Waals surface area (Å²) in [5.41, 5.74) is 1.63. The third-order valence-electron chi connectivity index (χ3n) is 4.49. The maximum atomic E-state index is 12.8. The maximum absolute atomic E-state index is 12.8. The van der Waals surface area contributed by atoms with Crippen LogP contribution in [0.25, 0.3) is 11.0 Å². The van der Waals surface area contributed by atoms with Gasteiger partial charge in [-0.05, 0) is 43.4 Å². The van der Waals surface area contributed by atoms with Gasteiger partial charge in [-0.1, -0.05) is 13.8 Å². The number of carbonyl (C=O) groups is 1. The SMILES string of the molecule is COc1ccc2oc(C(=O)N3CC(C)CC(C)C3)c(C)c2c1. The number of benzene rings is 1. The fourth-order valence-corrected chi connectivity index (χ4v) is 3.50. The Kier molecular flexibility index (Phi) is 3.85. The minimum atomic E-state index is 0.00562. The molecule has 0 spiro atoms. The van der Waals surface area contributed by atoms with Crippen LogP contribution in [0.1, 0.15) is 36.4 Å². The second kappa shape index (κ2) is 5.67. The summed E-state index contributed by atoms with van der Waals surface area (Å²) in [5.74, 6) is 2.32. The zero-order chi connectivity index (χ0) is 15.9. The standard InChI is InChI=1S/C18H23NO3/c1-11-7-12(2)10-19(9-11)18(20)17-13(3)15-8-14(21-4)5-6-16(15)22-17/h5-6,8,11-12H,7,9-10H2,1-4H3. The van der Waals surface area contributed by atoms with Crippen LogP contribution in [0.5, 0.6) is 5.75 Å². The molecule has 0 bridgehead atoms. The number of nitrogens with zero attached hydrogens (tertiary/aromatic N) is 1. The van der Waals surface area contributed by atoms with Crippen molar-refractivity contribution in [3.05, 3.63) is 29.5 Å². The number of furan rings is 1. The fourth-order valence-electron chi connectivity index (χ4n) is 3.50. The van der Waals surface area contributed by atoms with Crippen molar-refractivity contribution in [2.75, 3.05) is 20.2 Å². The van der Waals surface area contributed by atoms with E-state index in [9.17, 15) is 4.79 Å². The van der Waals surface area contributed by atoms with E-state index in [0.29, 0.717) is 17.6 Å². The molecule has 4 nitrogen and oxygen atoms in total. The zero-order valence-electron chi connectivity index (χ0n) is 13.7. The molecule has 0 aliphatic carbocycles. The Morgan fingerprint density at radius 2 is 1.95 bits per heavy atom. The van der Waals surface area contributed by atoms with Crippen LogP contribution in [-0.4, -0.2) is 31.0 Å². The van der Waals surface area contributed by atoms with Crippen molar-refractivity contribution in [2.24, 2.45) is 11.8 Å².